The van der Waals surface area contributed by atoms with Crippen molar-refractivity contribution in [2.45, 2.75) is 27.0 Å². The monoisotopic (exact) mass is 235 g/mol. The molecular formula is C11H22ClNO2. The van der Waals surface area contributed by atoms with E-state index in [0.717, 1.165) is 0 Å². The Morgan fingerprint density at radius 1 is 1.33 bits per heavy atom. The third-order valence-electron chi connectivity index (χ3n) is 1.84. The van der Waals surface area contributed by atoms with Gasteiger partial charge in [-0.05, 0) is 0 Å². The van der Waals surface area contributed by atoms with E-state index in [1.54, 1.807) is 0 Å². The lowest BCUT2D eigenvalue weighted by Crippen LogP contribution is -3.00. The molecule has 0 saturated heterocycles. The minimum Gasteiger partial charge on any atom is -1.00 e. The quantitative estimate of drug-likeness (QED) is 0.266. The highest BCUT2D eigenvalue weighted by Gasteiger charge is 2.38. The number of hydrogen-bond acceptors (Lipinski definition) is 2. The Balaban J connectivity index is 0. The predicted molar refractivity (Wildman–Crippen MR) is 57.6 cm³/mol. The lowest BCUT2D eigenvalue weighted by atomic mass is 9.92. The van der Waals surface area contributed by atoms with Crippen LogP contribution in [0.3, 0.4) is 0 Å². The topological polar surface area (TPSA) is 26.3 Å². The van der Waals surface area contributed by atoms with Crippen molar-refractivity contribution in [2.75, 3.05) is 21.1 Å². The fourth-order valence-electron chi connectivity index (χ4n) is 1.65. The lowest BCUT2D eigenvalue weighted by Gasteiger charge is -2.40. The molecule has 3 nitrogen and oxygen atoms in total. The first-order valence-electron chi connectivity index (χ1n) is 4.73. The number of hydrogen-bond donors (Lipinski definition) is 0. The zero-order valence-corrected chi connectivity index (χ0v) is 11.3. The van der Waals surface area contributed by atoms with Gasteiger partial charge in [0.25, 0.3) is 0 Å². The van der Waals surface area contributed by atoms with Crippen molar-refractivity contribution in [3.05, 3.63) is 12.7 Å². The maximum atomic E-state index is 11.2. The van der Waals surface area contributed by atoms with Crippen molar-refractivity contribution < 1.29 is 26.4 Å². The van der Waals surface area contributed by atoms with Gasteiger partial charge in [0.05, 0.1) is 26.6 Å². The molecule has 0 spiro atoms. The first kappa shape index (κ1) is 16.9. The second-order valence-corrected chi connectivity index (χ2v) is 5.48. The van der Waals surface area contributed by atoms with Crippen molar-refractivity contribution in [3.8, 4) is 0 Å². The molecule has 90 valence electrons. The van der Waals surface area contributed by atoms with E-state index in [0.29, 0.717) is 4.48 Å². The molecule has 0 aliphatic heterocycles. The highest BCUT2D eigenvalue weighted by molar-refractivity contribution is 5.81. The van der Waals surface area contributed by atoms with Crippen molar-refractivity contribution in [3.63, 3.8) is 0 Å². The number of carbonyl (C=O) groups excluding carboxylic acids is 1. The molecule has 1 atom stereocenters. The van der Waals surface area contributed by atoms with Gasteiger partial charge in [-0.1, -0.05) is 27.4 Å². The number of quaternary nitrogens is 1. The zero-order valence-electron chi connectivity index (χ0n) is 10.5. The number of nitrogens with zero attached hydrogens (tertiary/aromatic N) is 1. The van der Waals surface area contributed by atoms with Crippen LogP contribution in [0.4, 0.5) is 0 Å². The van der Waals surface area contributed by atoms with Crippen LogP contribution in [0.1, 0.15) is 20.8 Å². The van der Waals surface area contributed by atoms with Gasteiger partial charge in [-0.15, -0.1) is 0 Å². The first-order valence-corrected chi connectivity index (χ1v) is 4.73. The van der Waals surface area contributed by atoms with Gasteiger partial charge < -0.3 is 17.1 Å². The summed E-state index contributed by atoms with van der Waals surface area (Å²) < 4.78 is 5.93. The second-order valence-electron chi connectivity index (χ2n) is 5.48. The van der Waals surface area contributed by atoms with Crippen LogP contribution in [0.15, 0.2) is 12.7 Å². The molecule has 0 aromatic rings. The highest BCUT2D eigenvalue weighted by Crippen LogP contribution is 2.27. The maximum Gasteiger partial charge on any atom is 0.334 e. The highest BCUT2D eigenvalue weighted by atomic mass is 35.5. The summed E-state index contributed by atoms with van der Waals surface area (Å²) in [5.41, 5.74) is -0.0864. The minimum atomic E-state index is -0.363. The summed E-state index contributed by atoms with van der Waals surface area (Å²) in [4.78, 5) is 11.2. The summed E-state index contributed by atoms with van der Waals surface area (Å²) in [6.45, 7) is 9.56. The molecule has 0 saturated carbocycles. The van der Waals surface area contributed by atoms with Crippen LogP contribution in [0.2, 0.25) is 0 Å². The summed E-state index contributed by atoms with van der Waals surface area (Å²) in [5.74, 6) is -0.363. The van der Waals surface area contributed by atoms with Gasteiger partial charge in [0.15, 0.2) is 0 Å². The van der Waals surface area contributed by atoms with E-state index in [2.05, 4.69) is 27.4 Å². The van der Waals surface area contributed by atoms with Crippen LogP contribution in [-0.4, -0.2) is 37.8 Å². The van der Waals surface area contributed by atoms with Gasteiger partial charge in [0, 0.05) is 6.08 Å². The SMILES string of the molecule is C=CC(=O)OC(C(C)(C)C)[N+](C)(C)C.[Cl-]. The van der Waals surface area contributed by atoms with Crippen molar-refractivity contribution >= 4 is 5.97 Å². The largest absolute Gasteiger partial charge is 1.00 e. The number of ether oxygens (including phenoxy) is 1. The summed E-state index contributed by atoms with van der Waals surface area (Å²) in [7, 11) is 6.02. The molecule has 0 aliphatic rings. The fourth-order valence-corrected chi connectivity index (χ4v) is 1.65. The molecule has 0 radical (unpaired) electrons. The Labute approximate surface area is 99.1 Å². The van der Waals surface area contributed by atoms with Crippen molar-refractivity contribution in [1.82, 2.24) is 0 Å². The molecule has 4 heteroatoms. The number of carbonyl (C=O) groups is 1. The van der Waals surface area contributed by atoms with Gasteiger partial charge in [-0.25, -0.2) is 4.79 Å². The van der Waals surface area contributed by atoms with Crippen LogP contribution in [0, 0.1) is 5.41 Å². The van der Waals surface area contributed by atoms with Crippen molar-refractivity contribution in [2.24, 2.45) is 5.41 Å². The van der Waals surface area contributed by atoms with Gasteiger partial charge in [0.1, 0.15) is 0 Å². The Kier molecular flexibility index (Phi) is 6.21. The molecule has 0 fully saturated rings. The van der Waals surface area contributed by atoms with E-state index in [9.17, 15) is 4.79 Å². The minimum absolute atomic E-state index is 0. The normalized spacial score (nSPS) is 13.7. The number of esters is 1. The first-order chi connectivity index (χ1) is 6.09. The molecule has 15 heavy (non-hydrogen) atoms. The second kappa shape index (κ2) is 5.52. The van der Waals surface area contributed by atoms with Crippen LogP contribution >= 0.6 is 0 Å². The van der Waals surface area contributed by atoms with Gasteiger partial charge in [-0.2, -0.15) is 0 Å². The van der Waals surface area contributed by atoms with Gasteiger partial charge in [0.2, 0.25) is 6.23 Å². The molecule has 0 bridgehead atoms. The number of rotatable bonds is 3. The van der Waals surface area contributed by atoms with E-state index >= 15 is 0 Å². The Morgan fingerprint density at radius 2 is 1.73 bits per heavy atom. The van der Waals surface area contributed by atoms with Crippen LogP contribution in [0.5, 0.6) is 0 Å². The van der Waals surface area contributed by atoms with E-state index in [4.69, 9.17) is 4.74 Å². The standard InChI is InChI=1S/C11H22NO2.ClH/c1-8-9(13)14-10(11(2,3)4)12(5,6)7;/h8,10H,1H2,2-7H3;1H/q+1;/p-1. The third kappa shape index (κ3) is 5.80. The van der Waals surface area contributed by atoms with E-state index in [1.165, 1.54) is 6.08 Å². The molecule has 0 amide bonds. The fraction of sp³-hybridized carbons (Fsp3) is 0.727. The van der Waals surface area contributed by atoms with E-state index in [-0.39, 0.29) is 30.0 Å². The van der Waals surface area contributed by atoms with E-state index < -0.39 is 0 Å². The Bertz CT molecular complexity index is 212. The Hall–Kier alpha value is -0.540. The smallest absolute Gasteiger partial charge is 0.334 e. The molecule has 0 rings (SSSR count). The average Bonchev–Trinajstić information content (AvgIpc) is 1.95. The van der Waals surface area contributed by atoms with Crippen LogP contribution in [0.25, 0.3) is 0 Å². The molecule has 0 aromatic heterocycles. The molecular weight excluding hydrogens is 214 g/mol. The average molecular weight is 236 g/mol. The molecule has 0 heterocycles. The number of halogens is 1. The lowest BCUT2D eigenvalue weighted by molar-refractivity contribution is -0.924. The maximum absolute atomic E-state index is 11.2. The molecule has 0 N–H and O–H groups in total. The molecule has 0 aliphatic carbocycles. The van der Waals surface area contributed by atoms with Crippen molar-refractivity contribution in [1.29, 1.82) is 0 Å². The molecule has 0 aromatic carbocycles. The predicted octanol–water partition coefficient (Wildman–Crippen LogP) is -1.20. The summed E-state index contributed by atoms with van der Waals surface area (Å²) in [5, 5.41) is 0. The third-order valence-corrected chi connectivity index (χ3v) is 1.84. The summed E-state index contributed by atoms with van der Waals surface area (Å²) in [6.07, 6.45) is 1.03. The van der Waals surface area contributed by atoms with Crippen LogP contribution < -0.4 is 12.4 Å². The van der Waals surface area contributed by atoms with E-state index in [1.807, 2.05) is 21.1 Å². The van der Waals surface area contributed by atoms with Gasteiger partial charge in [-0.3, -0.25) is 4.48 Å². The Morgan fingerprint density at radius 3 is 1.93 bits per heavy atom. The summed E-state index contributed by atoms with van der Waals surface area (Å²) in [6, 6.07) is 0. The van der Waals surface area contributed by atoms with Crippen LogP contribution in [-0.2, 0) is 9.53 Å². The van der Waals surface area contributed by atoms with Gasteiger partial charge >= 0.3 is 5.97 Å². The summed E-state index contributed by atoms with van der Waals surface area (Å²) >= 11 is 0. The molecule has 1 unspecified atom stereocenters. The zero-order chi connectivity index (χ0) is 11.6.